The molecule has 0 saturated heterocycles. The number of hydrogen-bond donors (Lipinski definition) is 2. The molecule has 2 aromatic carbocycles. The van der Waals surface area contributed by atoms with E-state index in [1.54, 1.807) is 26.0 Å². The first kappa shape index (κ1) is 27.8. The minimum atomic E-state index is -4.82. The van der Waals surface area contributed by atoms with Crippen molar-refractivity contribution in [3.63, 3.8) is 0 Å². The molecule has 1 amide bonds. The molecule has 2 unspecified atom stereocenters. The fraction of sp³-hybridized carbons (Fsp3) is 0.217. The molecule has 2 atom stereocenters. The average Bonchev–Trinajstić information content (AvgIpc) is 3.14. The molecule has 0 spiro atoms. The Kier molecular flexibility index (Phi) is 9.21. The summed E-state index contributed by atoms with van der Waals surface area (Å²) in [7, 11) is -4.82. The quantitative estimate of drug-likeness (QED) is 0.178. The highest BCUT2D eigenvalue weighted by molar-refractivity contribution is 7.54. The number of fused-ring (bicyclic) bond motifs is 1. The van der Waals surface area contributed by atoms with E-state index in [2.05, 4.69) is 10.1 Å². The van der Waals surface area contributed by atoms with E-state index in [0.29, 0.717) is 21.2 Å². The van der Waals surface area contributed by atoms with Gasteiger partial charge in [0.25, 0.3) is 0 Å². The Balaban J connectivity index is 1.87. The van der Waals surface area contributed by atoms with Crippen LogP contribution in [0, 0.1) is 11.6 Å². The van der Waals surface area contributed by atoms with Crippen molar-refractivity contribution in [3.05, 3.63) is 75.8 Å². The van der Waals surface area contributed by atoms with Gasteiger partial charge >= 0.3 is 13.8 Å². The standard InChI is InChI=1S/C23H21ClF2NO7PS/c1-13(2)34-23(29)32-12-33-35(30,31)21(19-11-36-20-4-3-15(24)9-18(19)20)22(28)27-6-5-14-7-16(25)10-17(26)8-14/h3-11,13,21H,12H2,1-2H3,(H,27,28)(H,30,31)/b6-5+. The van der Waals surface area contributed by atoms with E-state index in [1.807, 2.05) is 0 Å². The first-order valence-electron chi connectivity index (χ1n) is 10.4. The summed E-state index contributed by atoms with van der Waals surface area (Å²) in [5, 5.41) is 4.62. The molecule has 36 heavy (non-hydrogen) atoms. The van der Waals surface area contributed by atoms with Gasteiger partial charge in [0.15, 0.2) is 5.66 Å². The van der Waals surface area contributed by atoms with Crippen molar-refractivity contribution >= 4 is 58.8 Å². The Hall–Kier alpha value is -2.82. The maximum absolute atomic E-state index is 13.4. The van der Waals surface area contributed by atoms with Gasteiger partial charge in [-0.1, -0.05) is 11.6 Å². The van der Waals surface area contributed by atoms with E-state index in [1.165, 1.54) is 28.9 Å². The molecule has 192 valence electrons. The molecule has 1 heterocycles. The first-order chi connectivity index (χ1) is 17.0. The van der Waals surface area contributed by atoms with Crippen LogP contribution < -0.4 is 5.32 Å². The van der Waals surface area contributed by atoms with Gasteiger partial charge in [0.05, 0.1) is 6.10 Å². The second kappa shape index (κ2) is 11.9. The molecule has 0 fully saturated rings. The van der Waals surface area contributed by atoms with Gasteiger partial charge in [0, 0.05) is 22.0 Å². The molecule has 8 nitrogen and oxygen atoms in total. The van der Waals surface area contributed by atoms with Gasteiger partial charge in [-0.25, -0.2) is 13.6 Å². The third-order valence-electron chi connectivity index (χ3n) is 4.57. The number of nitrogens with one attached hydrogen (secondary N) is 1. The summed E-state index contributed by atoms with van der Waals surface area (Å²) >= 11 is 7.29. The zero-order valence-electron chi connectivity index (χ0n) is 18.9. The van der Waals surface area contributed by atoms with Crippen LogP contribution in [0.5, 0.6) is 0 Å². The Morgan fingerprint density at radius 3 is 2.56 bits per heavy atom. The van der Waals surface area contributed by atoms with E-state index in [9.17, 15) is 27.8 Å². The zero-order valence-corrected chi connectivity index (χ0v) is 21.4. The second-order valence-electron chi connectivity index (χ2n) is 7.65. The minimum absolute atomic E-state index is 0.109. The lowest BCUT2D eigenvalue weighted by Gasteiger charge is -2.21. The van der Waals surface area contributed by atoms with E-state index >= 15 is 0 Å². The Labute approximate surface area is 214 Å². The fourth-order valence-electron chi connectivity index (χ4n) is 3.12. The highest BCUT2D eigenvalue weighted by atomic mass is 35.5. The summed E-state index contributed by atoms with van der Waals surface area (Å²) in [4.78, 5) is 35.4. The van der Waals surface area contributed by atoms with Gasteiger partial charge in [-0.3, -0.25) is 13.9 Å². The Morgan fingerprint density at radius 1 is 1.19 bits per heavy atom. The molecule has 0 aliphatic rings. The number of rotatable bonds is 9. The van der Waals surface area contributed by atoms with Crippen LogP contribution in [0.1, 0.15) is 30.6 Å². The molecule has 13 heteroatoms. The van der Waals surface area contributed by atoms with Crippen LogP contribution >= 0.6 is 30.5 Å². The Morgan fingerprint density at radius 2 is 1.89 bits per heavy atom. The van der Waals surface area contributed by atoms with Gasteiger partial charge < -0.3 is 19.7 Å². The number of amides is 1. The summed E-state index contributed by atoms with van der Waals surface area (Å²) in [6.45, 7) is 2.21. The van der Waals surface area contributed by atoms with Gasteiger partial charge in [-0.2, -0.15) is 0 Å². The number of halogens is 3. The van der Waals surface area contributed by atoms with Crippen LogP contribution in [0.15, 0.2) is 48.0 Å². The largest absolute Gasteiger partial charge is 0.510 e. The van der Waals surface area contributed by atoms with Crippen molar-refractivity contribution in [1.29, 1.82) is 0 Å². The number of carbonyl (C=O) groups is 2. The molecule has 1 aromatic heterocycles. The van der Waals surface area contributed by atoms with Crippen LogP contribution in [0.3, 0.4) is 0 Å². The highest BCUT2D eigenvalue weighted by Gasteiger charge is 2.41. The third kappa shape index (κ3) is 7.35. The predicted molar refractivity (Wildman–Crippen MR) is 132 cm³/mol. The predicted octanol–water partition coefficient (Wildman–Crippen LogP) is 6.38. The molecule has 0 saturated carbocycles. The van der Waals surface area contributed by atoms with Gasteiger partial charge in [0.2, 0.25) is 12.7 Å². The van der Waals surface area contributed by atoms with Crippen molar-refractivity contribution in [3.8, 4) is 0 Å². The summed E-state index contributed by atoms with van der Waals surface area (Å²) in [6.07, 6.45) is 0.667. The van der Waals surface area contributed by atoms with Gasteiger partial charge in [-0.05, 0) is 72.1 Å². The molecule has 0 aliphatic heterocycles. The maximum Gasteiger partial charge on any atom is 0.510 e. The minimum Gasteiger partial charge on any atom is -0.432 e. The molecule has 0 radical (unpaired) electrons. The summed E-state index contributed by atoms with van der Waals surface area (Å²) < 4.78 is 55.1. The first-order valence-corrected chi connectivity index (χ1v) is 13.3. The normalized spacial score (nSPS) is 14.1. The fourth-order valence-corrected chi connectivity index (χ4v) is 5.65. The molecule has 2 N–H and O–H groups in total. The van der Waals surface area contributed by atoms with Crippen LogP contribution in [0.4, 0.5) is 13.6 Å². The summed E-state index contributed by atoms with van der Waals surface area (Å²) in [5.74, 6) is -2.59. The van der Waals surface area contributed by atoms with Crippen molar-refractivity contribution in [1.82, 2.24) is 5.32 Å². The van der Waals surface area contributed by atoms with Crippen molar-refractivity contribution in [2.24, 2.45) is 0 Å². The topological polar surface area (TPSA) is 111 Å². The van der Waals surface area contributed by atoms with Crippen molar-refractivity contribution in [2.45, 2.75) is 25.6 Å². The molecule has 0 bridgehead atoms. The lowest BCUT2D eigenvalue weighted by molar-refractivity contribution is -0.120. The number of ether oxygens (including phenoxy) is 2. The van der Waals surface area contributed by atoms with E-state index < -0.39 is 49.8 Å². The van der Waals surface area contributed by atoms with Gasteiger partial charge in [-0.15, -0.1) is 11.3 Å². The van der Waals surface area contributed by atoms with E-state index in [-0.39, 0.29) is 11.1 Å². The van der Waals surface area contributed by atoms with E-state index in [4.69, 9.17) is 20.9 Å². The number of carbonyl (C=O) groups excluding carboxylic acids is 2. The highest BCUT2D eigenvalue weighted by Crippen LogP contribution is 2.58. The molecule has 3 rings (SSSR count). The summed E-state index contributed by atoms with van der Waals surface area (Å²) in [5.41, 5.74) is -1.50. The number of thiophene rings is 1. The average molecular weight is 560 g/mol. The second-order valence-corrected chi connectivity index (χ2v) is 10.9. The van der Waals surface area contributed by atoms with Gasteiger partial charge in [0.1, 0.15) is 11.6 Å². The zero-order chi connectivity index (χ0) is 26.5. The molecular weight excluding hydrogens is 539 g/mol. The SMILES string of the molecule is CC(C)OC(=O)OCOP(=O)(O)C(C(=O)N/C=C/c1cc(F)cc(F)c1)c1csc2ccc(Cl)cc12. The monoisotopic (exact) mass is 559 g/mol. The smallest absolute Gasteiger partial charge is 0.432 e. The molecule has 0 aliphatic carbocycles. The lowest BCUT2D eigenvalue weighted by atomic mass is 10.1. The lowest BCUT2D eigenvalue weighted by Crippen LogP contribution is -2.26. The van der Waals surface area contributed by atoms with Crippen LogP contribution in [-0.4, -0.2) is 29.9 Å². The maximum atomic E-state index is 13.4. The van der Waals surface area contributed by atoms with Crippen LogP contribution in [0.25, 0.3) is 16.2 Å². The Bertz CT molecular complexity index is 1330. The third-order valence-corrected chi connectivity index (χ3v) is 7.42. The van der Waals surface area contributed by atoms with E-state index in [0.717, 1.165) is 18.3 Å². The number of benzene rings is 2. The van der Waals surface area contributed by atoms with Crippen molar-refractivity contribution < 1.29 is 41.8 Å². The number of hydrogen-bond acceptors (Lipinski definition) is 7. The summed E-state index contributed by atoms with van der Waals surface area (Å²) in [6, 6.07) is 7.61. The molecule has 3 aromatic rings. The molecular formula is C23H21ClF2NO7PS. The van der Waals surface area contributed by atoms with Crippen molar-refractivity contribution in [2.75, 3.05) is 6.79 Å². The van der Waals surface area contributed by atoms with Crippen LogP contribution in [-0.2, 0) is 23.4 Å². The van der Waals surface area contributed by atoms with Crippen LogP contribution in [0.2, 0.25) is 5.02 Å².